The van der Waals surface area contributed by atoms with Crippen molar-refractivity contribution in [3.05, 3.63) is 53.3 Å². The molecule has 1 aromatic carbocycles. The molecule has 0 amide bonds. The molecule has 2 aromatic rings. The van der Waals surface area contributed by atoms with Crippen molar-refractivity contribution in [3.8, 4) is 5.75 Å². The van der Waals surface area contributed by atoms with E-state index in [0.717, 1.165) is 11.3 Å². The Morgan fingerprint density at radius 3 is 2.58 bits per heavy atom. The summed E-state index contributed by atoms with van der Waals surface area (Å²) in [5.74, 6) is 0.127. The van der Waals surface area contributed by atoms with Gasteiger partial charge >= 0.3 is 6.61 Å². The first-order chi connectivity index (χ1) is 9.15. The van der Waals surface area contributed by atoms with Gasteiger partial charge in [0.2, 0.25) is 0 Å². The summed E-state index contributed by atoms with van der Waals surface area (Å²) in [6.45, 7) is -2.29. The standard InChI is InChI=1S/C13H11ClF2N2O/c14-12-8-17-6-5-9(12)7-18-10-1-3-11(4-2-10)19-13(15)16/h1-6,8,13,18H,7H2. The third kappa shape index (κ3) is 4.06. The van der Waals surface area contributed by atoms with Crippen LogP contribution in [-0.2, 0) is 6.54 Å². The first-order valence-corrected chi connectivity index (χ1v) is 5.90. The highest BCUT2D eigenvalue weighted by molar-refractivity contribution is 6.31. The van der Waals surface area contributed by atoms with Gasteiger partial charge in [-0.05, 0) is 35.9 Å². The van der Waals surface area contributed by atoms with Crippen LogP contribution < -0.4 is 10.1 Å². The van der Waals surface area contributed by atoms with Crippen LogP contribution in [0.5, 0.6) is 5.75 Å². The van der Waals surface area contributed by atoms with Gasteiger partial charge in [0, 0.05) is 24.6 Å². The number of anilines is 1. The molecule has 6 heteroatoms. The lowest BCUT2D eigenvalue weighted by atomic mass is 10.2. The number of hydrogen-bond donors (Lipinski definition) is 1. The van der Waals surface area contributed by atoms with Crippen molar-refractivity contribution in [2.45, 2.75) is 13.2 Å². The summed E-state index contributed by atoms with van der Waals surface area (Å²) in [5, 5.41) is 3.70. The van der Waals surface area contributed by atoms with Crippen LogP contribution >= 0.6 is 11.6 Å². The van der Waals surface area contributed by atoms with E-state index in [4.69, 9.17) is 11.6 Å². The lowest BCUT2D eigenvalue weighted by Gasteiger charge is -2.09. The molecule has 0 aliphatic heterocycles. The van der Waals surface area contributed by atoms with Gasteiger partial charge in [-0.2, -0.15) is 8.78 Å². The fourth-order valence-electron chi connectivity index (χ4n) is 1.50. The molecule has 0 saturated carbocycles. The minimum absolute atomic E-state index is 0.127. The number of ether oxygens (including phenoxy) is 1. The first kappa shape index (κ1) is 13.5. The van der Waals surface area contributed by atoms with Crippen molar-refractivity contribution < 1.29 is 13.5 Å². The predicted molar refractivity (Wildman–Crippen MR) is 69.6 cm³/mol. The first-order valence-electron chi connectivity index (χ1n) is 5.52. The molecule has 0 radical (unpaired) electrons. The Morgan fingerprint density at radius 2 is 1.95 bits per heavy atom. The number of aromatic nitrogens is 1. The summed E-state index contributed by atoms with van der Waals surface area (Å²) >= 11 is 5.97. The Bertz CT molecular complexity index is 534. The van der Waals surface area contributed by atoms with Crippen LogP contribution in [0.25, 0.3) is 0 Å². The topological polar surface area (TPSA) is 34.1 Å². The Labute approximate surface area is 114 Å². The van der Waals surface area contributed by atoms with Crippen LogP contribution in [-0.4, -0.2) is 11.6 Å². The number of benzene rings is 1. The molecular weight excluding hydrogens is 274 g/mol. The molecule has 0 atom stereocenters. The summed E-state index contributed by atoms with van der Waals surface area (Å²) in [6.07, 6.45) is 3.22. The van der Waals surface area contributed by atoms with E-state index >= 15 is 0 Å². The highest BCUT2D eigenvalue weighted by Crippen LogP contribution is 2.19. The van der Waals surface area contributed by atoms with Gasteiger partial charge < -0.3 is 10.1 Å². The maximum absolute atomic E-state index is 12.0. The number of pyridine rings is 1. The van der Waals surface area contributed by atoms with Gasteiger partial charge in [0.1, 0.15) is 5.75 Å². The molecule has 0 unspecified atom stereocenters. The van der Waals surface area contributed by atoms with Crippen LogP contribution in [0, 0.1) is 0 Å². The van der Waals surface area contributed by atoms with Crippen molar-refractivity contribution in [3.63, 3.8) is 0 Å². The van der Waals surface area contributed by atoms with Crippen LogP contribution in [0.2, 0.25) is 5.02 Å². The maximum Gasteiger partial charge on any atom is 0.387 e. The number of halogens is 3. The zero-order valence-electron chi connectivity index (χ0n) is 9.82. The molecule has 0 bridgehead atoms. The van der Waals surface area contributed by atoms with Gasteiger partial charge in [-0.25, -0.2) is 0 Å². The van der Waals surface area contributed by atoms with Gasteiger partial charge in [-0.1, -0.05) is 11.6 Å². The van der Waals surface area contributed by atoms with E-state index in [0.29, 0.717) is 11.6 Å². The van der Waals surface area contributed by atoms with Crippen LogP contribution in [0.4, 0.5) is 14.5 Å². The molecule has 0 spiro atoms. The smallest absolute Gasteiger partial charge is 0.387 e. The third-order valence-corrected chi connectivity index (χ3v) is 2.76. The molecule has 100 valence electrons. The van der Waals surface area contributed by atoms with Gasteiger partial charge in [0.05, 0.1) is 5.02 Å². The maximum atomic E-state index is 12.0. The second-order valence-electron chi connectivity index (χ2n) is 3.72. The minimum atomic E-state index is -2.81. The quantitative estimate of drug-likeness (QED) is 0.903. The molecule has 0 fully saturated rings. The van der Waals surface area contributed by atoms with E-state index in [-0.39, 0.29) is 5.75 Å². The second kappa shape index (κ2) is 6.33. The molecule has 3 nitrogen and oxygen atoms in total. The summed E-state index contributed by atoms with van der Waals surface area (Å²) < 4.78 is 28.2. The fraction of sp³-hybridized carbons (Fsp3) is 0.154. The fourth-order valence-corrected chi connectivity index (χ4v) is 1.69. The van der Waals surface area contributed by atoms with E-state index in [1.54, 1.807) is 24.5 Å². The summed E-state index contributed by atoms with van der Waals surface area (Å²) in [7, 11) is 0. The van der Waals surface area contributed by atoms with Crippen molar-refractivity contribution in [2.75, 3.05) is 5.32 Å². The Hall–Kier alpha value is -1.88. The van der Waals surface area contributed by atoms with Crippen molar-refractivity contribution >= 4 is 17.3 Å². The minimum Gasteiger partial charge on any atom is -0.435 e. The Morgan fingerprint density at radius 1 is 1.21 bits per heavy atom. The largest absolute Gasteiger partial charge is 0.435 e. The Balaban J connectivity index is 1.95. The van der Waals surface area contributed by atoms with Crippen LogP contribution in [0.15, 0.2) is 42.7 Å². The zero-order valence-corrected chi connectivity index (χ0v) is 10.6. The lowest BCUT2D eigenvalue weighted by molar-refractivity contribution is -0.0498. The third-order valence-electron chi connectivity index (χ3n) is 2.42. The van der Waals surface area contributed by atoms with Gasteiger partial charge in [-0.15, -0.1) is 0 Å². The van der Waals surface area contributed by atoms with E-state index < -0.39 is 6.61 Å². The number of nitrogens with one attached hydrogen (secondary N) is 1. The molecule has 19 heavy (non-hydrogen) atoms. The summed E-state index contributed by atoms with van der Waals surface area (Å²) in [4.78, 5) is 3.89. The lowest BCUT2D eigenvalue weighted by Crippen LogP contribution is -2.03. The van der Waals surface area contributed by atoms with Crippen LogP contribution in [0.1, 0.15) is 5.56 Å². The summed E-state index contributed by atoms with van der Waals surface area (Å²) in [5.41, 5.74) is 1.69. The van der Waals surface area contributed by atoms with E-state index in [2.05, 4.69) is 15.0 Å². The number of hydrogen-bond acceptors (Lipinski definition) is 3. The monoisotopic (exact) mass is 284 g/mol. The van der Waals surface area contributed by atoms with E-state index in [1.807, 2.05) is 6.07 Å². The zero-order chi connectivity index (χ0) is 13.7. The van der Waals surface area contributed by atoms with Gasteiger partial charge in [0.15, 0.2) is 0 Å². The van der Waals surface area contributed by atoms with Gasteiger partial charge in [-0.3, -0.25) is 4.98 Å². The molecule has 0 aliphatic rings. The van der Waals surface area contributed by atoms with Crippen LogP contribution in [0.3, 0.4) is 0 Å². The summed E-state index contributed by atoms with van der Waals surface area (Å²) in [6, 6.07) is 8.08. The molecule has 0 saturated heterocycles. The van der Waals surface area contributed by atoms with Gasteiger partial charge in [0.25, 0.3) is 0 Å². The average molecular weight is 285 g/mol. The van der Waals surface area contributed by atoms with E-state index in [9.17, 15) is 8.78 Å². The SMILES string of the molecule is FC(F)Oc1ccc(NCc2ccncc2Cl)cc1. The highest BCUT2D eigenvalue weighted by atomic mass is 35.5. The molecular formula is C13H11ClF2N2O. The molecule has 1 N–H and O–H groups in total. The average Bonchev–Trinajstić information content (AvgIpc) is 2.39. The van der Waals surface area contributed by atoms with Crippen molar-refractivity contribution in [1.29, 1.82) is 0 Å². The van der Waals surface area contributed by atoms with Crippen molar-refractivity contribution in [1.82, 2.24) is 4.98 Å². The van der Waals surface area contributed by atoms with E-state index in [1.165, 1.54) is 12.1 Å². The molecule has 0 aliphatic carbocycles. The Kier molecular flexibility index (Phi) is 4.52. The number of nitrogens with zero attached hydrogens (tertiary/aromatic N) is 1. The predicted octanol–water partition coefficient (Wildman–Crippen LogP) is 3.95. The number of rotatable bonds is 5. The van der Waals surface area contributed by atoms with Crippen molar-refractivity contribution in [2.24, 2.45) is 0 Å². The number of alkyl halides is 2. The highest BCUT2D eigenvalue weighted by Gasteiger charge is 2.04. The second-order valence-corrected chi connectivity index (χ2v) is 4.13. The molecule has 2 rings (SSSR count). The normalized spacial score (nSPS) is 10.5. The molecule has 1 heterocycles. The molecule has 1 aromatic heterocycles.